The average molecular weight is 346 g/mol. The van der Waals surface area contributed by atoms with Gasteiger partial charge < -0.3 is 4.90 Å². The van der Waals surface area contributed by atoms with Gasteiger partial charge in [-0.2, -0.15) is 0 Å². The third-order valence-electron chi connectivity index (χ3n) is 5.15. The summed E-state index contributed by atoms with van der Waals surface area (Å²) in [6.45, 7) is 18.9. The second-order valence-electron chi connectivity index (χ2n) is 7.90. The summed E-state index contributed by atoms with van der Waals surface area (Å²) in [6, 6.07) is 8.75. The second-order valence-corrected chi connectivity index (χ2v) is 8.33. The third-order valence-corrected chi connectivity index (χ3v) is 5.40. The van der Waals surface area contributed by atoms with E-state index < -0.39 is 0 Å². The predicted octanol–water partition coefficient (Wildman–Crippen LogP) is 6.87. The van der Waals surface area contributed by atoms with Gasteiger partial charge in [0.1, 0.15) is 0 Å². The van der Waals surface area contributed by atoms with E-state index in [1.54, 1.807) is 0 Å². The first-order valence-electron chi connectivity index (χ1n) is 9.18. The summed E-state index contributed by atoms with van der Waals surface area (Å²) < 4.78 is 0. The number of benzene rings is 1. The van der Waals surface area contributed by atoms with Gasteiger partial charge in [-0.1, -0.05) is 70.2 Å². The van der Waals surface area contributed by atoms with E-state index in [9.17, 15) is 0 Å². The summed E-state index contributed by atoms with van der Waals surface area (Å²) in [6.07, 6.45) is 3.42. The van der Waals surface area contributed by atoms with Gasteiger partial charge in [-0.05, 0) is 48.8 Å². The molecular weight excluding hydrogens is 314 g/mol. The van der Waals surface area contributed by atoms with E-state index in [-0.39, 0.29) is 0 Å². The third kappa shape index (κ3) is 4.66. The Morgan fingerprint density at radius 2 is 1.79 bits per heavy atom. The summed E-state index contributed by atoms with van der Waals surface area (Å²) in [5.74, 6) is 1.69. The van der Waals surface area contributed by atoms with Crippen LogP contribution >= 0.6 is 11.6 Å². The molecule has 0 amide bonds. The minimum absolute atomic E-state index is 0.417. The molecule has 1 aromatic carbocycles. The van der Waals surface area contributed by atoms with Crippen molar-refractivity contribution in [2.24, 2.45) is 17.8 Å². The normalized spacial score (nSPS) is 21.6. The molecule has 1 aliphatic rings. The molecule has 1 fully saturated rings. The molecule has 0 aromatic heterocycles. The molecule has 0 saturated carbocycles. The van der Waals surface area contributed by atoms with E-state index in [2.05, 4.69) is 57.9 Å². The zero-order chi connectivity index (χ0) is 17.9. The molecule has 2 heteroatoms. The lowest BCUT2D eigenvalue weighted by Gasteiger charge is -2.44. The second kappa shape index (κ2) is 8.25. The van der Waals surface area contributed by atoms with E-state index in [4.69, 9.17) is 11.6 Å². The minimum atomic E-state index is 0.417. The quantitative estimate of drug-likeness (QED) is 0.509. The van der Waals surface area contributed by atoms with Crippen molar-refractivity contribution in [3.8, 4) is 0 Å². The smallest absolute Gasteiger partial charge is 0.0539 e. The first kappa shape index (κ1) is 19.1. The number of hydrogen-bond donors (Lipinski definition) is 0. The van der Waals surface area contributed by atoms with Crippen molar-refractivity contribution < 1.29 is 0 Å². The van der Waals surface area contributed by atoms with Crippen LogP contribution in [0, 0.1) is 17.8 Å². The molecule has 0 radical (unpaired) electrons. The number of likely N-dealkylation sites (tertiary alicyclic amines) is 1. The molecule has 1 aliphatic heterocycles. The highest BCUT2D eigenvalue weighted by atomic mass is 35.5. The average Bonchev–Trinajstić information content (AvgIpc) is 2.52. The monoisotopic (exact) mass is 345 g/mol. The maximum absolute atomic E-state index is 6.07. The summed E-state index contributed by atoms with van der Waals surface area (Å²) >= 11 is 6.07. The number of allylic oxidation sites excluding steroid dienone is 2. The van der Waals surface area contributed by atoms with Gasteiger partial charge in [0.15, 0.2) is 0 Å². The minimum Gasteiger partial charge on any atom is -0.368 e. The first-order chi connectivity index (χ1) is 11.3. The number of nitrogens with zero attached hydrogens (tertiary/aromatic N) is 1. The van der Waals surface area contributed by atoms with Gasteiger partial charge in [0, 0.05) is 23.2 Å². The molecule has 132 valence electrons. The van der Waals surface area contributed by atoms with Crippen molar-refractivity contribution in [2.75, 3.05) is 6.54 Å². The van der Waals surface area contributed by atoms with Crippen LogP contribution in [-0.4, -0.2) is 11.4 Å². The number of piperidine rings is 1. The Balaban J connectivity index is 2.20. The molecule has 0 spiro atoms. The molecule has 1 aromatic rings. The van der Waals surface area contributed by atoms with E-state index in [0.29, 0.717) is 23.8 Å². The Morgan fingerprint density at radius 3 is 2.33 bits per heavy atom. The molecule has 1 nitrogen and oxygen atoms in total. The summed E-state index contributed by atoms with van der Waals surface area (Å²) in [4.78, 5) is 2.54. The van der Waals surface area contributed by atoms with Crippen LogP contribution in [0.3, 0.4) is 0 Å². The van der Waals surface area contributed by atoms with Gasteiger partial charge in [0.05, 0.1) is 6.04 Å². The lowest BCUT2D eigenvalue weighted by molar-refractivity contribution is 0.149. The van der Waals surface area contributed by atoms with E-state index >= 15 is 0 Å². The Morgan fingerprint density at radius 1 is 1.17 bits per heavy atom. The van der Waals surface area contributed by atoms with E-state index in [1.807, 2.05) is 12.1 Å². The molecule has 24 heavy (non-hydrogen) atoms. The molecule has 2 atom stereocenters. The van der Waals surface area contributed by atoms with Gasteiger partial charge in [-0.15, -0.1) is 0 Å². The van der Waals surface area contributed by atoms with Crippen molar-refractivity contribution in [1.29, 1.82) is 0 Å². The van der Waals surface area contributed by atoms with E-state index in [0.717, 1.165) is 18.0 Å². The highest BCUT2D eigenvalue weighted by Crippen LogP contribution is 2.42. The van der Waals surface area contributed by atoms with Crippen molar-refractivity contribution in [3.63, 3.8) is 0 Å². The predicted molar refractivity (Wildman–Crippen MR) is 106 cm³/mol. The fourth-order valence-electron chi connectivity index (χ4n) is 3.56. The van der Waals surface area contributed by atoms with Crippen LogP contribution in [0.25, 0.3) is 0 Å². The van der Waals surface area contributed by atoms with Gasteiger partial charge in [0.2, 0.25) is 0 Å². The SMILES string of the molecule is C=C(CC1CCC(c2ccc(Cl)cc2)N(CC(C)C)C1=C)C(C)C. The number of hydrogen-bond acceptors (Lipinski definition) is 1. The van der Waals surface area contributed by atoms with Crippen LogP contribution < -0.4 is 0 Å². The van der Waals surface area contributed by atoms with Crippen molar-refractivity contribution in [3.05, 3.63) is 59.3 Å². The van der Waals surface area contributed by atoms with Crippen LogP contribution in [0.4, 0.5) is 0 Å². The fraction of sp³-hybridized carbons (Fsp3) is 0.545. The molecule has 1 heterocycles. The maximum Gasteiger partial charge on any atom is 0.0539 e. The zero-order valence-corrected chi connectivity index (χ0v) is 16.4. The Kier molecular flexibility index (Phi) is 6.57. The topological polar surface area (TPSA) is 3.24 Å². The Labute approximate surface area is 153 Å². The van der Waals surface area contributed by atoms with Crippen LogP contribution in [0.1, 0.15) is 58.6 Å². The molecule has 1 saturated heterocycles. The molecule has 2 unspecified atom stereocenters. The van der Waals surface area contributed by atoms with E-state index in [1.165, 1.54) is 29.7 Å². The van der Waals surface area contributed by atoms with Crippen molar-refractivity contribution in [1.82, 2.24) is 4.90 Å². The first-order valence-corrected chi connectivity index (χ1v) is 9.56. The standard InChI is InChI=1S/C22H32ClN/c1-15(2)14-24-18(6)20(13-17(5)16(3)4)9-12-22(24)19-7-10-21(23)11-8-19/h7-8,10-11,15-16,20,22H,5-6,9,12-14H2,1-4H3. The number of rotatable bonds is 6. The largest absolute Gasteiger partial charge is 0.368 e. The summed E-state index contributed by atoms with van der Waals surface area (Å²) in [5.41, 5.74) is 3.98. The fourth-order valence-corrected chi connectivity index (χ4v) is 3.68. The van der Waals surface area contributed by atoms with Crippen LogP contribution in [0.5, 0.6) is 0 Å². The van der Waals surface area contributed by atoms with Crippen LogP contribution in [-0.2, 0) is 0 Å². The highest BCUT2D eigenvalue weighted by molar-refractivity contribution is 6.30. The Bertz CT molecular complexity index is 570. The van der Waals surface area contributed by atoms with Gasteiger partial charge in [0.25, 0.3) is 0 Å². The maximum atomic E-state index is 6.07. The zero-order valence-electron chi connectivity index (χ0n) is 15.7. The van der Waals surface area contributed by atoms with Gasteiger partial charge in [-0.25, -0.2) is 0 Å². The highest BCUT2D eigenvalue weighted by Gasteiger charge is 2.32. The molecule has 0 N–H and O–H groups in total. The van der Waals surface area contributed by atoms with Crippen LogP contribution in [0.2, 0.25) is 5.02 Å². The van der Waals surface area contributed by atoms with Crippen molar-refractivity contribution in [2.45, 2.75) is 53.0 Å². The lowest BCUT2D eigenvalue weighted by Crippen LogP contribution is -2.38. The summed E-state index contributed by atoms with van der Waals surface area (Å²) in [5, 5.41) is 0.801. The van der Waals surface area contributed by atoms with Crippen molar-refractivity contribution >= 4 is 11.6 Å². The molecular formula is C22H32ClN. The number of halogens is 1. The summed E-state index contributed by atoms with van der Waals surface area (Å²) in [7, 11) is 0. The van der Waals surface area contributed by atoms with Gasteiger partial charge in [-0.3, -0.25) is 0 Å². The molecule has 0 aliphatic carbocycles. The molecule has 0 bridgehead atoms. The van der Waals surface area contributed by atoms with Crippen LogP contribution in [0.15, 0.2) is 48.7 Å². The lowest BCUT2D eigenvalue weighted by atomic mass is 9.81. The Hall–Kier alpha value is -1.21. The van der Waals surface area contributed by atoms with Gasteiger partial charge >= 0.3 is 0 Å². The molecule has 2 rings (SSSR count).